The van der Waals surface area contributed by atoms with Gasteiger partial charge in [-0.15, -0.1) is 0 Å². The zero-order valence-electron chi connectivity index (χ0n) is 9.87. The highest BCUT2D eigenvalue weighted by Gasteiger charge is 2.15. The highest BCUT2D eigenvalue weighted by atomic mass is 79.9. The second kappa shape index (κ2) is 6.59. The summed E-state index contributed by atoms with van der Waals surface area (Å²) >= 11 is 3.16. The number of rotatable bonds is 4. The number of hydrogen-bond donors (Lipinski definition) is 0. The maximum atomic E-state index is 13.6. The number of benzene rings is 1. The summed E-state index contributed by atoms with van der Waals surface area (Å²) in [4.78, 5) is 12.7. The van der Waals surface area contributed by atoms with Gasteiger partial charge in [-0.3, -0.25) is 4.90 Å². The van der Waals surface area contributed by atoms with E-state index in [-0.39, 0.29) is 5.69 Å². The number of carbonyl (C=O) groups is 1. The van der Waals surface area contributed by atoms with Gasteiger partial charge in [-0.05, 0) is 24.6 Å². The van der Waals surface area contributed by atoms with Crippen molar-refractivity contribution in [2.45, 2.75) is 19.8 Å². The number of halogens is 2. The lowest BCUT2D eigenvalue weighted by Crippen LogP contribution is -2.28. The lowest BCUT2D eigenvalue weighted by atomic mass is 10.3. The highest BCUT2D eigenvalue weighted by molar-refractivity contribution is 9.10. The van der Waals surface area contributed by atoms with E-state index in [9.17, 15) is 9.18 Å². The summed E-state index contributed by atoms with van der Waals surface area (Å²) < 4.78 is 19.2. The van der Waals surface area contributed by atoms with Crippen LogP contribution in [-0.2, 0) is 4.74 Å². The van der Waals surface area contributed by atoms with Crippen molar-refractivity contribution >= 4 is 27.7 Å². The second-order valence-corrected chi connectivity index (χ2v) is 4.54. The number of ether oxygens (including phenoxy) is 1. The molecule has 17 heavy (non-hydrogen) atoms. The molecule has 0 N–H and O–H groups in total. The van der Waals surface area contributed by atoms with Gasteiger partial charge < -0.3 is 4.74 Å². The van der Waals surface area contributed by atoms with Crippen LogP contribution in [0, 0.1) is 5.82 Å². The maximum absolute atomic E-state index is 13.6. The van der Waals surface area contributed by atoms with Gasteiger partial charge in [-0.2, -0.15) is 0 Å². The van der Waals surface area contributed by atoms with E-state index in [2.05, 4.69) is 15.9 Å². The first-order chi connectivity index (χ1) is 8.06. The van der Waals surface area contributed by atoms with Crippen LogP contribution in [-0.4, -0.2) is 19.7 Å². The van der Waals surface area contributed by atoms with E-state index in [1.54, 1.807) is 6.07 Å². The molecule has 3 nitrogen and oxygen atoms in total. The number of nitrogens with zero attached hydrogens (tertiary/aromatic N) is 1. The van der Waals surface area contributed by atoms with Crippen LogP contribution in [0.1, 0.15) is 19.8 Å². The molecule has 1 aromatic rings. The van der Waals surface area contributed by atoms with Crippen LogP contribution >= 0.6 is 15.9 Å². The second-order valence-electron chi connectivity index (χ2n) is 3.62. The number of unbranched alkanes of at least 4 members (excludes halogenated alkanes) is 1. The molecule has 1 amide bonds. The molecule has 94 valence electrons. The lowest BCUT2D eigenvalue weighted by Gasteiger charge is -2.17. The van der Waals surface area contributed by atoms with E-state index in [1.165, 1.54) is 19.2 Å². The van der Waals surface area contributed by atoms with Crippen molar-refractivity contribution in [2.24, 2.45) is 0 Å². The van der Waals surface area contributed by atoms with Crippen LogP contribution in [0.3, 0.4) is 0 Å². The first-order valence-corrected chi connectivity index (χ1v) is 6.21. The van der Waals surface area contributed by atoms with Crippen LogP contribution in [0.5, 0.6) is 0 Å². The molecule has 0 aliphatic rings. The zero-order chi connectivity index (χ0) is 12.8. The number of amides is 1. The van der Waals surface area contributed by atoms with Crippen LogP contribution in [0.4, 0.5) is 14.9 Å². The summed E-state index contributed by atoms with van der Waals surface area (Å²) in [5, 5.41) is 0. The number of hydrogen-bond acceptors (Lipinski definition) is 2. The third-order valence-electron chi connectivity index (χ3n) is 2.27. The molecule has 0 atom stereocenters. The Bertz CT molecular complexity index is 398. The molecule has 0 aliphatic carbocycles. The molecule has 0 saturated heterocycles. The maximum Gasteiger partial charge on any atom is 0.414 e. The normalized spacial score (nSPS) is 10.1. The summed E-state index contributed by atoms with van der Waals surface area (Å²) in [7, 11) is 1.49. The monoisotopic (exact) mass is 303 g/mol. The molecule has 0 bridgehead atoms. The van der Waals surface area contributed by atoms with Crippen LogP contribution in [0.15, 0.2) is 22.7 Å². The fourth-order valence-electron chi connectivity index (χ4n) is 1.25. The van der Waals surface area contributed by atoms with Crippen molar-refractivity contribution in [1.82, 2.24) is 0 Å². The summed E-state index contributed by atoms with van der Waals surface area (Å²) in [6.07, 6.45) is 1.21. The minimum atomic E-state index is -0.542. The van der Waals surface area contributed by atoms with E-state index in [4.69, 9.17) is 4.74 Å². The fourth-order valence-corrected chi connectivity index (χ4v) is 1.59. The minimum Gasteiger partial charge on any atom is -0.449 e. The van der Waals surface area contributed by atoms with Crippen LogP contribution in [0.25, 0.3) is 0 Å². The van der Waals surface area contributed by atoms with Crippen molar-refractivity contribution in [3.8, 4) is 0 Å². The van der Waals surface area contributed by atoms with Crippen LogP contribution < -0.4 is 4.90 Å². The zero-order valence-corrected chi connectivity index (χ0v) is 11.5. The largest absolute Gasteiger partial charge is 0.449 e. The van der Waals surface area contributed by atoms with Gasteiger partial charge in [0, 0.05) is 11.5 Å². The van der Waals surface area contributed by atoms with Gasteiger partial charge in [-0.1, -0.05) is 29.3 Å². The molecule has 1 rings (SSSR count). The first-order valence-electron chi connectivity index (χ1n) is 5.41. The average molecular weight is 304 g/mol. The summed E-state index contributed by atoms with van der Waals surface area (Å²) in [6.45, 7) is 2.36. The predicted octanol–water partition coefficient (Wildman–Crippen LogP) is 3.96. The van der Waals surface area contributed by atoms with Gasteiger partial charge >= 0.3 is 6.09 Å². The SMILES string of the molecule is CCCCOC(=O)N(C)c1ccc(Br)cc1F. The van der Waals surface area contributed by atoms with Gasteiger partial charge in [0.15, 0.2) is 0 Å². The summed E-state index contributed by atoms with van der Waals surface area (Å²) in [6, 6.07) is 4.51. The lowest BCUT2D eigenvalue weighted by molar-refractivity contribution is 0.153. The van der Waals surface area contributed by atoms with Crippen LogP contribution in [0.2, 0.25) is 0 Å². The Balaban J connectivity index is 2.68. The van der Waals surface area contributed by atoms with Gasteiger partial charge in [0.1, 0.15) is 5.82 Å². The average Bonchev–Trinajstić information content (AvgIpc) is 2.28. The molecule has 0 radical (unpaired) electrons. The van der Waals surface area contributed by atoms with Gasteiger partial charge in [0.2, 0.25) is 0 Å². The Hall–Kier alpha value is -1.10. The van der Waals surface area contributed by atoms with Crippen molar-refractivity contribution in [3.63, 3.8) is 0 Å². The molecule has 5 heteroatoms. The van der Waals surface area contributed by atoms with E-state index < -0.39 is 11.9 Å². The molecule has 0 saturated carbocycles. The van der Waals surface area contributed by atoms with Crippen molar-refractivity contribution < 1.29 is 13.9 Å². The number of carbonyl (C=O) groups excluding carboxylic acids is 1. The highest BCUT2D eigenvalue weighted by Crippen LogP contribution is 2.22. The summed E-state index contributed by atoms with van der Waals surface area (Å²) in [5.41, 5.74) is 0.203. The van der Waals surface area contributed by atoms with Crippen molar-refractivity contribution in [3.05, 3.63) is 28.5 Å². The molecule has 0 aromatic heterocycles. The minimum absolute atomic E-state index is 0.203. The van der Waals surface area contributed by atoms with Crippen molar-refractivity contribution in [1.29, 1.82) is 0 Å². The molecule has 0 fully saturated rings. The molecule has 0 heterocycles. The Morgan fingerprint density at radius 2 is 2.24 bits per heavy atom. The van der Waals surface area contributed by atoms with Gasteiger partial charge in [0.25, 0.3) is 0 Å². The molecule has 1 aromatic carbocycles. The molecule has 0 aliphatic heterocycles. The topological polar surface area (TPSA) is 29.5 Å². The molecular weight excluding hydrogens is 289 g/mol. The molecule has 0 unspecified atom stereocenters. The fraction of sp³-hybridized carbons (Fsp3) is 0.417. The Kier molecular flexibility index (Phi) is 5.41. The Labute approximate surface area is 109 Å². The smallest absolute Gasteiger partial charge is 0.414 e. The summed E-state index contributed by atoms with van der Waals surface area (Å²) in [5.74, 6) is -0.464. The Morgan fingerprint density at radius 3 is 2.82 bits per heavy atom. The quantitative estimate of drug-likeness (QED) is 0.788. The number of anilines is 1. The first kappa shape index (κ1) is 14.0. The van der Waals surface area contributed by atoms with E-state index >= 15 is 0 Å². The van der Waals surface area contributed by atoms with E-state index in [0.717, 1.165) is 17.7 Å². The van der Waals surface area contributed by atoms with E-state index in [0.29, 0.717) is 11.1 Å². The van der Waals surface area contributed by atoms with Crippen molar-refractivity contribution in [2.75, 3.05) is 18.6 Å². The van der Waals surface area contributed by atoms with Gasteiger partial charge in [-0.25, -0.2) is 9.18 Å². The molecular formula is C12H15BrFNO2. The standard InChI is InChI=1S/C12H15BrFNO2/c1-3-4-7-17-12(16)15(2)11-6-5-9(13)8-10(11)14/h5-6,8H,3-4,7H2,1-2H3. The third kappa shape index (κ3) is 4.00. The Morgan fingerprint density at radius 1 is 1.53 bits per heavy atom. The molecule has 0 spiro atoms. The van der Waals surface area contributed by atoms with Gasteiger partial charge in [0.05, 0.1) is 12.3 Å². The van der Waals surface area contributed by atoms with E-state index in [1.807, 2.05) is 6.92 Å². The predicted molar refractivity (Wildman–Crippen MR) is 68.8 cm³/mol. The third-order valence-corrected chi connectivity index (χ3v) is 2.76.